The van der Waals surface area contributed by atoms with Crippen LogP contribution in [0.3, 0.4) is 0 Å². The lowest BCUT2D eigenvalue weighted by Gasteiger charge is -2.32. The van der Waals surface area contributed by atoms with Gasteiger partial charge in [-0.15, -0.1) is 0 Å². The van der Waals surface area contributed by atoms with E-state index in [1.807, 2.05) is 0 Å². The molecule has 1 heterocycles. The lowest BCUT2D eigenvalue weighted by Crippen LogP contribution is -2.41. The zero-order valence-electron chi connectivity index (χ0n) is 14.4. The molecule has 0 aliphatic rings. The molecule has 1 aromatic heterocycles. The first kappa shape index (κ1) is 20.6. The maximum atomic E-state index is 12.7. The SMILES string of the molecule is CC(C)(C(=O)On1ccccc1=S)C(OC(=O)C(F)(F)F)c1ccccc1. The van der Waals surface area contributed by atoms with Crippen LogP contribution in [0.5, 0.6) is 0 Å². The Morgan fingerprint density at radius 2 is 1.59 bits per heavy atom. The van der Waals surface area contributed by atoms with Crippen molar-refractivity contribution in [2.45, 2.75) is 26.1 Å². The molecule has 0 bridgehead atoms. The van der Waals surface area contributed by atoms with Crippen molar-refractivity contribution in [2.75, 3.05) is 0 Å². The molecule has 1 aromatic carbocycles. The number of carbonyl (C=O) groups excluding carboxylic acids is 2. The molecule has 2 aromatic rings. The topological polar surface area (TPSA) is 57.5 Å². The number of hydrogen-bond acceptors (Lipinski definition) is 5. The number of halogens is 3. The number of hydrogen-bond donors (Lipinski definition) is 0. The summed E-state index contributed by atoms with van der Waals surface area (Å²) < 4.78 is 44.0. The van der Waals surface area contributed by atoms with Crippen molar-refractivity contribution in [1.82, 2.24) is 4.73 Å². The van der Waals surface area contributed by atoms with E-state index in [0.717, 1.165) is 4.73 Å². The molecule has 0 fully saturated rings. The summed E-state index contributed by atoms with van der Waals surface area (Å²) in [5, 5.41) is 0. The number of pyridine rings is 1. The highest BCUT2D eigenvalue weighted by molar-refractivity contribution is 7.71. The van der Waals surface area contributed by atoms with Gasteiger partial charge in [-0.25, -0.2) is 9.59 Å². The molecule has 0 aliphatic heterocycles. The third kappa shape index (κ3) is 4.94. The zero-order valence-corrected chi connectivity index (χ0v) is 15.2. The van der Waals surface area contributed by atoms with Gasteiger partial charge in [0.2, 0.25) is 0 Å². The summed E-state index contributed by atoms with van der Waals surface area (Å²) in [6.07, 6.45) is -5.34. The van der Waals surface area contributed by atoms with Crippen molar-refractivity contribution in [3.63, 3.8) is 0 Å². The van der Waals surface area contributed by atoms with Crippen LogP contribution in [0.4, 0.5) is 13.2 Å². The molecule has 27 heavy (non-hydrogen) atoms. The molecule has 0 aliphatic carbocycles. The molecular weight excluding hydrogens is 383 g/mol. The monoisotopic (exact) mass is 399 g/mol. The number of rotatable bonds is 5. The van der Waals surface area contributed by atoms with Crippen LogP contribution in [0.1, 0.15) is 25.5 Å². The summed E-state index contributed by atoms with van der Waals surface area (Å²) in [5.74, 6) is -3.32. The lowest BCUT2D eigenvalue weighted by atomic mass is 9.82. The van der Waals surface area contributed by atoms with E-state index in [1.54, 1.807) is 30.3 Å². The summed E-state index contributed by atoms with van der Waals surface area (Å²) >= 11 is 5.02. The van der Waals surface area contributed by atoms with Crippen LogP contribution in [-0.2, 0) is 14.3 Å². The first-order valence-corrected chi connectivity index (χ1v) is 8.17. The molecule has 0 radical (unpaired) electrons. The molecule has 0 N–H and O–H groups in total. The number of alkyl halides is 3. The van der Waals surface area contributed by atoms with Crippen LogP contribution in [0, 0.1) is 10.1 Å². The first-order chi connectivity index (χ1) is 12.5. The number of nitrogens with zero attached hydrogens (tertiary/aromatic N) is 1. The molecule has 1 atom stereocenters. The quantitative estimate of drug-likeness (QED) is 0.561. The van der Waals surface area contributed by atoms with E-state index in [9.17, 15) is 22.8 Å². The van der Waals surface area contributed by atoms with Crippen LogP contribution in [0.25, 0.3) is 0 Å². The minimum absolute atomic E-state index is 0.185. The number of aromatic nitrogens is 1. The lowest BCUT2D eigenvalue weighted by molar-refractivity contribution is -0.212. The number of esters is 1. The van der Waals surface area contributed by atoms with E-state index in [4.69, 9.17) is 17.1 Å². The van der Waals surface area contributed by atoms with Gasteiger partial charge in [-0.05, 0) is 31.5 Å². The van der Waals surface area contributed by atoms with E-state index in [0.29, 0.717) is 0 Å². The Hall–Kier alpha value is -2.68. The second-order valence-corrected chi connectivity index (χ2v) is 6.58. The van der Waals surface area contributed by atoms with Crippen molar-refractivity contribution in [1.29, 1.82) is 0 Å². The van der Waals surface area contributed by atoms with E-state index >= 15 is 0 Å². The summed E-state index contributed by atoms with van der Waals surface area (Å²) in [7, 11) is 0. The molecular formula is C18H16F3NO4S. The predicted octanol–water partition coefficient (Wildman–Crippen LogP) is 4.05. The van der Waals surface area contributed by atoms with Gasteiger partial charge in [0, 0.05) is 6.20 Å². The van der Waals surface area contributed by atoms with Crippen LogP contribution >= 0.6 is 12.2 Å². The molecule has 9 heteroatoms. The molecule has 0 amide bonds. The minimum atomic E-state index is -5.20. The van der Waals surface area contributed by atoms with Crippen molar-refractivity contribution in [3.8, 4) is 0 Å². The van der Waals surface area contributed by atoms with E-state index in [1.165, 1.54) is 38.2 Å². The normalized spacial score (nSPS) is 12.9. The van der Waals surface area contributed by atoms with E-state index < -0.39 is 29.6 Å². The van der Waals surface area contributed by atoms with Gasteiger partial charge in [-0.1, -0.05) is 48.6 Å². The maximum Gasteiger partial charge on any atom is 0.490 e. The zero-order chi connectivity index (χ0) is 20.2. The van der Waals surface area contributed by atoms with Crippen molar-refractivity contribution in [2.24, 2.45) is 5.41 Å². The number of carbonyl (C=O) groups is 2. The van der Waals surface area contributed by atoms with Crippen LogP contribution in [0.15, 0.2) is 54.7 Å². The summed E-state index contributed by atoms with van der Waals surface area (Å²) in [5.41, 5.74) is -1.43. The first-order valence-electron chi connectivity index (χ1n) is 7.76. The second kappa shape index (κ2) is 7.91. The molecule has 144 valence electrons. The maximum absolute atomic E-state index is 12.7. The fourth-order valence-electron chi connectivity index (χ4n) is 2.24. The van der Waals surface area contributed by atoms with Gasteiger partial charge < -0.3 is 9.57 Å². The number of ether oxygens (including phenoxy) is 1. The molecule has 0 spiro atoms. The van der Waals surface area contributed by atoms with Crippen LogP contribution in [-0.4, -0.2) is 22.8 Å². The molecule has 5 nitrogen and oxygen atoms in total. The van der Waals surface area contributed by atoms with Gasteiger partial charge in [0.1, 0.15) is 16.2 Å². The summed E-state index contributed by atoms with van der Waals surface area (Å²) in [6, 6.07) is 12.4. The molecule has 1 unspecified atom stereocenters. The fourth-order valence-corrected chi connectivity index (χ4v) is 2.41. The Balaban J connectivity index is 2.37. The smallest absolute Gasteiger partial charge is 0.450 e. The Morgan fingerprint density at radius 1 is 1.00 bits per heavy atom. The third-order valence-corrected chi connectivity index (χ3v) is 4.03. The number of benzene rings is 1. The van der Waals surface area contributed by atoms with Crippen molar-refractivity contribution in [3.05, 3.63) is 64.9 Å². The molecule has 0 saturated carbocycles. The third-order valence-electron chi connectivity index (χ3n) is 3.71. The van der Waals surface area contributed by atoms with Crippen LogP contribution in [0.2, 0.25) is 0 Å². The van der Waals surface area contributed by atoms with Crippen molar-refractivity contribution >= 4 is 24.2 Å². The van der Waals surface area contributed by atoms with Gasteiger partial charge in [0.05, 0.1) is 0 Å². The van der Waals surface area contributed by atoms with Crippen LogP contribution < -0.4 is 4.84 Å². The Kier molecular flexibility index (Phi) is 6.04. The Bertz CT molecular complexity index is 878. The van der Waals surface area contributed by atoms with Gasteiger partial charge in [-0.2, -0.15) is 17.9 Å². The van der Waals surface area contributed by atoms with E-state index in [2.05, 4.69) is 4.74 Å². The van der Waals surface area contributed by atoms with Gasteiger partial charge >= 0.3 is 18.1 Å². The largest absolute Gasteiger partial charge is 0.490 e. The average Bonchev–Trinajstić information content (AvgIpc) is 2.61. The summed E-state index contributed by atoms with van der Waals surface area (Å²) in [4.78, 5) is 29.3. The molecule has 2 rings (SSSR count). The minimum Gasteiger partial charge on any atom is -0.450 e. The Morgan fingerprint density at radius 3 is 2.15 bits per heavy atom. The highest BCUT2D eigenvalue weighted by atomic mass is 32.1. The highest BCUT2D eigenvalue weighted by Crippen LogP contribution is 2.38. The summed E-state index contributed by atoms with van der Waals surface area (Å²) in [6.45, 7) is 2.65. The van der Waals surface area contributed by atoms with Gasteiger partial charge in [0.15, 0.2) is 0 Å². The highest BCUT2D eigenvalue weighted by Gasteiger charge is 2.48. The fraction of sp³-hybridized carbons (Fsp3) is 0.278. The van der Waals surface area contributed by atoms with Gasteiger partial charge in [0.25, 0.3) is 0 Å². The Labute approximate surface area is 158 Å². The van der Waals surface area contributed by atoms with Gasteiger partial charge in [-0.3, -0.25) is 0 Å². The van der Waals surface area contributed by atoms with Crippen molar-refractivity contribution < 1.29 is 32.3 Å². The predicted molar refractivity (Wildman–Crippen MR) is 92.0 cm³/mol. The average molecular weight is 399 g/mol. The standard InChI is InChI=1S/C18H16F3NO4S/c1-17(2,15(23)26-22-11-7-6-10-13(22)27)14(12-8-4-3-5-9-12)25-16(24)18(19,20)21/h3-11,14H,1-2H3. The molecule has 0 saturated heterocycles. The van der Waals surface area contributed by atoms with E-state index in [-0.39, 0.29) is 10.2 Å². The second-order valence-electron chi connectivity index (χ2n) is 6.16.